The summed E-state index contributed by atoms with van der Waals surface area (Å²) in [6, 6.07) is 20.7. The van der Waals surface area contributed by atoms with Gasteiger partial charge >= 0.3 is 0 Å². The molecule has 0 aliphatic rings. The Morgan fingerprint density at radius 3 is 1.56 bits per heavy atom. The molecule has 2 radical (unpaired) electrons. The molecule has 0 aromatic heterocycles. The van der Waals surface area contributed by atoms with Crippen LogP contribution in [-0.4, -0.2) is 0 Å². The van der Waals surface area contributed by atoms with Gasteiger partial charge in [-0.15, -0.1) is 0 Å². The van der Waals surface area contributed by atoms with E-state index in [2.05, 4.69) is 55.5 Å². The summed E-state index contributed by atoms with van der Waals surface area (Å²) in [6.45, 7) is 3.78. The van der Waals surface area contributed by atoms with Gasteiger partial charge in [0.2, 0.25) is 0 Å². The second-order valence-corrected chi connectivity index (χ2v) is 3.55. The lowest BCUT2D eigenvalue weighted by Crippen LogP contribution is -1.97. The van der Waals surface area contributed by atoms with E-state index in [1.807, 2.05) is 24.3 Å². The maximum absolute atomic E-state index is 3.78. The first-order valence-corrected chi connectivity index (χ1v) is 5.35. The first-order chi connectivity index (χ1) is 7.92. The van der Waals surface area contributed by atoms with Crippen LogP contribution in [0.3, 0.4) is 0 Å². The lowest BCUT2D eigenvalue weighted by molar-refractivity contribution is 1.29. The summed E-state index contributed by atoms with van der Waals surface area (Å²) >= 11 is 0. The van der Waals surface area contributed by atoms with E-state index in [-0.39, 0.29) is 0 Å². The molecule has 0 bridgehead atoms. The van der Waals surface area contributed by atoms with Crippen LogP contribution < -0.4 is 0 Å². The van der Waals surface area contributed by atoms with Gasteiger partial charge in [-0.25, -0.2) is 0 Å². The average molecular weight is 206 g/mol. The molecular formula is C16H14. The zero-order valence-corrected chi connectivity index (χ0v) is 9.14. The van der Waals surface area contributed by atoms with E-state index in [4.69, 9.17) is 0 Å². The number of rotatable bonds is 3. The van der Waals surface area contributed by atoms with Crippen molar-refractivity contribution in [2.24, 2.45) is 0 Å². The van der Waals surface area contributed by atoms with Crippen molar-refractivity contribution in [3.05, 3.63) is 96.8 Å². The minimum Gasteiger partial charge on any atom is -0.0870 e. The summed E-state index contributed by atoms with van der Waals surface area (Å²) in [5, 5.41) is 0. The van der Waals surface area contributed by atoms with Gasteiger partial charge in [0.15, 0.2) is 0 Å². The third-order valence-electron chi connectivity index (χ3n) is 2.45. The molecule has 2 aromatic rings. The molecule has 0 nitrogen and oxygen atoms in total. The Balaban J connectivity index is 2.39. The Morgan fingerprint density at radius 1 is 0.750 bits per heavy atom. The first kappa shape index (κ1) is 10.7. The van der Waals surface area contributed by atoms with Crippen LogP contribution >= 0.6 is 0 Å². The van der Waals surface area contributed by atoms with Gasteiger partial charge in [-0.1, -0.05) is 72.8 Å². The normalized spacial score (nSPS) is 11.1. The third kappa shape index (κ3) is 2.40. The Morgan fingerprint density at radius 2 is 1.19 bits per heavy atom. The Labute approximate surface area is 97.3 Å². The molecule has 2 rings (SSSR count). The van der Waals surface area contributed by atoms with Gasteiger partial charge in [0.05, 0.1) is 5.92 Å². The predicted molar refractivity (Wildman–Crippen MR) is 68.8 cm³/mol. The number of allylic oxidation sites excluding steroid dienone is 2. The molecule has 0 spiro atoms. The molecule has 0 N–H and O–H groups in total. The summed E-state index contributed by atoms with van der Waals surface area (Å²) in [5.41, 5.74) is 2.43. The van der Waals surface area contributed by atoms with Gasteiger partial charge in [0.25, 0.3) is 0 Å². The second-order valence-electron chi connectivity index (χ2n) is 3.55. The highest BCUT2D eigenvalue weighted by molar-refractivity contribution is 5.51. The van der Waals surface area contributed by atoms with E-state index < -0.39 is 0 Å². The fourth-order valence-corrected chi connectivity index (χ4v) is 1.71. The molecule has 0 heterocycles. The molecule has 0 atom stereocenters. The molecule has 0 heteroatoms. The molecular weight excluding hydrogens is 192 g/mol. The molecule has 16 heavy (non-hydrogen) atoms. The molecule has 0 saturated heterocycles. The van der Waals surface area contributed by atoms with Crippen molar-refractivity contribution in [2.45, 2.75) is 0 Å². The van der Waals surface area contributed by atoms with Gasteiger partial charge in [0.1, 0.15) is 0 Å². The highest BCUT2D eigenvalue weighted by atomic mass is 14.1. The van der Waals surface area contributed by atoms with Crippen molar-refractivity contribution in [1.82, 2.24) is 0 Å². The Kier molecular flexibility index (Phi) is 3.55. The molecule has 0 fully saturated rings. The van der Waals surface area contributed by atoms with E-state index in [0.29, 0.717) is 0 Å². The smallest absolute Gasteiger partial charge is 0.0554 e. The van der Waals surface area contributed by atoms with Crippen molar-refractivity contribution in [3.8, 4) is 0 Å². The minimum atomic E-state index is 1.20. The fourth-order valence-electron chi connectivity index (χ4n) is 1.71. The zero-order valence-electron chi connectivity index (χ0n) is 9.14. The van der Waals surface area contributed by atoms with Crippen LogP contribution in [0.2, 0.25) is 0 Å². The molecule has 0 aliphatic heterocycles. The molecule has 2 aromatic carbocycles. The number of hydrogen-bond donors (Lipinski definition) is 0. The van der Waals surface area contributed by atoms with Crippen LogP contribution in [0.1, 0.15) is 11.1 Å². The molecule has 78 valence electrons. The maximum atomic E-state index is 3.78. The average Bonchev–Trinajstić information content (AvgIpc) is 2.38. The maximum Gasteiger partial charge on any atom is 0.0554 e. The standard InChI is InChI=1S/C16H14/c1-2-9-16(14-10-5-3-6-11-14)15-12-7-4-8-13-15/h2-13H,1H2/b9-2+. The molecule has 0 saturated carbocycles. The van der Waals surface area contributed by atoms with Crippen LogP contribution in [0.25, 0.3) is 0 Å². The third-order valence-corrected chi connectivity index (χ3v) is 2.45. The quantitative estimate of drug-likeness (QED) is 0.710. The van der Waals surface area contributed by atoms with Crippen molar-refractivity contribution in [1.29, 1.82) is 0 Å². The van der Waals surface area contributed by atoms with Gasteiger partial charge in [0, 0.05) is 0 Å². The second kappa shape index (κ2) is 5.32. The highest BCUT2D eigenvalue weighted by Crippen LogP contribution is 2.24. The van der Waals surface area contributed by atoms with Crippen molar-refractivity contribution >= 4 is 0 Å². The molecule has 0 amide bonds. The van der Waals surface area contributed by atoms with E-state index >= 15 is 0 Å². The number of benzene rings is 2. The van der Waals surface area contributed by atoms with E-state index in [1.165, 1.54) is 17.0 Å². The van der Waals surface area contributed by atoms with Crippen molar-refractivity contribution in [3.63, 3.8) is 0 Å². The van der Waals surface area contributed by atoms with Crippen LogP contribution in [0.15, 0.2) is 72.8 Å². The molecule has 0 aliphatic carbocycles. The van der Waals surface area contributed by atoms with Gasteiger partial charge in [-0.2, -0.15) is 0 Å². The summed E-state index contributed by atoms with van der Waals surface area (Å²) in [5.74, 6) is 1.20. The summed E-state index contributed by atoms with van der Waals surface area (Å²) in [7, 11) is 0. The van der Waals surface area contributed by atoms with Gasteiger partial charge in [-0.05, 0) is 18.1 Å². The largest absolute Gasteiger partial charge is 0.0870 e. The number of hydrogen-bond acceptors (Lipinski definition) is 0. The van der Waals surface area contributed by atoms with Crippen LogP contribution in [-0.2, 0) is 0 Å². The Bertz CT molecular complexity index is 400. The minimum absolute atomic E-state index is 1.20. The fraction of sp³-hybridized carbons (Fsp3) is 0. The van der Waals surface area contributed by atoms with Crippen LogP contribution in [0, 0.1) is 12.8 Å². The van der Waals surface area contributed by atoms with Gasteiger partial charge in [-0.3, -0.25) is 0 Å². The zero-order chi connectivity index (χ0) is 11.2. The lowest BCUT2D eigenvalue weighted by Gasteiger charge is -2.12. The van der Waals surface area contributed by atoms with E-state index in [0.717, 1.165) is 0 Å². The SMILES string of the molecule is [CH2]/C=C/[C](c1ccccc1)c1ccccc1. The highest BCUT2D eigenvalue weighted by Gasteiger charge is 2.09. The topological polar surface area (TPSA) is 0 Å². The summed E-state index contributed by atoms with van der Waals surface area (Å²) < 4.78 is 0. The van der Waals surface area contributed by atoms with Crippen molar-refractivity contribution in [2.75, 3.05) is 0 Å². The monoisotopic (exact) mass is 206 g/mol. The van der Waals surface area contributed by atoms with Crippen LogP contribution in [0.4, 0.5) is 0 Å². The predicted octanol–water partition coefficient (Wildman–Crippen LogP) is 4.05. The van der Waals surface area contributed by atoms with Gasteiger partial charge < -0.3 is 0 Å². The van der Waals surface area contributed by atoms with E-state index in [9.17, 15) is 0 Å². The molecule has 0 unspecified atom stereocenters. The van der Waals surface area contributed by atoms with Crippen LogP contribution in [0.5, 0.6) is 0 Å². The first-order valence-electron chi connectivity index (χ1n) is 5.35. The Hall–Kier alpha value is -1.82. The van der Waals surface area contributed by atoms with E-state index in [1.54, 1.807) is 0 Å². The summed E-state index contributed by atoms with van der Waals surface area (Å²) in [4.78, 5) is 0. The summed E-state index contributed by atoms with van der Waals surface area (Å²) in [6.07, 6.45) is 3.88. The van der Waals surface area contributed by atoms with Crippen molar-refractivity contribution < 1.29 is 0 Å². The lowest BCUT2D eigenvalue weighted by atomic mass is 9.91.